The zero-order chi connectivity index (χ0) is 26.6. The molecule has 1 heterocycles. The fourth-order valence-electron chi connectivity index (χ4n) is 3.05. The molecule has 2 aromatic rings. The van der Waals surface area contributed by atoms with Gasteiger partial charge >= 0.3 is 6.18 Å². The highest BCUT2D eigenvalue weighted by molar-refractivity contribution is 14.1. The summed E-state index contributed by atoms with van der Waals surface area (Å²) < 4.78 is 51.4. The first-order valence-electron chi connectivity index (χ1n) is 9.97. The van der Waals surface area contributed by atoms with Gasteiger partial charge < -0.3 is 14.8 Å². The molecule has 2 aromatic carbocycles. The molecule has 3 rings (SSSR count). The van der Waals surface area contributed by atoms with E-state index in [1.54, 1.807) is 18.2 Å². The lowest BCUT2D eigenvalue weighted by Crippen LogP contribution is -2.36. The number of benzene rings is 2. The number of carbonyl (C=O) groups excluding carboxylic acids is 3. The molecule has 0 atom stereocenters. The Balaban J connectivity index is 1.76. The van der Waals surface area contributed by atoms with Gasteiger partial charge in [0.25, 0.3) is 11.1 Å². The summed E-state index contributed by atoms with van der Waals surface area (Å²) in [7, 11) is 1.24. The molecule has 0 bridgehead atoms. The first-order chi connectivity index (χ1) is 16.9. The predicted octanol–water partition coefficient (Wildman–Crippen LogP) is 6.16. The van der Waals surface area contributed by atoms with Gasteiger partial charge in [-0.05, 0) is 98.9 Å². The third-order valence-electron chi connectivity index (χ3n) is 4.64. The standard InChI is InChI=1S/C23H17F3I2N2O5S/c1-3-6-35-20-14(27)7-12(8-15(20)28)9-18-21(32)30(22(33)36-18)11-19(31)29-16-10-13(23(24,25)26)4-5-17(16)34-2/h3-5,7-10H,1,6,11H2,2H3,(H,29,31)/b18-9-. The molecule has 1 saturated heterocycles. The topological polar surface area (TPSA) is 84.9 Å². The van der Waals surface area contributed by atoms with Crippen molar-refractivity contribution in [2.24, 2.45) is 0 Å². The molecule has 0 spiro atoms. The molecule has 1 fully saturated rings. The van der Waals surface area contributed by atoms with E-state index in [-0.39, 0.29) is 16.3 Å². The maximum absolute atomic E-state index is 13.0. The van der Waals surface area contributed by atoms with Crippen LogP contribution in [-0.2, 0) is 15.8 Å². The zero-order valence-corrected chi connectivity index (χ0v) is 23.6. The van der Waals surface area contributed by atoms with Crippen molar-refractivity contribution in [2.75, 3.05) is 25.6 Å². The van der Waals surface area contributed by atoms with Gasteiger partial charge in [-0.15, -0.1) is 0 Å². The van der Waals surface area contributed by atoms with Crippen molar-refractivity contribution in [3.8, 4) is 11.5 Å². The highest BCUT2D eigenvalue weighted by Gasteiger charge is 2.37. The average Bonchev–Trinajstić information content (AvgIpc) is 3.05. The molecule has 1 N–H and O–H groups in total. The Hall–Kier alpha value is -2.27. The molecule has 7 nitrogen and oxygen atoms in total. The lowest BCUT2D eigenvalue weighted by atomic mass is 10.1. The predicted molar refractivity (Wildman–Crippen MR) is 147 cm³/mol. The summed E-state index contributed by atoms with van der Waals surface area (Å²) in [5.74, 6) is -0.879. The summed E-state index contributed by atoms with van der Waals surface area (Å²) in [4.78, 5) is 38.6. The van der Waals surface area contributed by atoms with Gasteiger partial charge in [-0.1, -0.05) is 12.7 Å². The Bertz CT molecular complexity index is 1240. The molecule has 3 amide bonds. The van der Waals surface area contributed by atoms with Crippen LogP contribution in [0.25, 0.3) is 6.08 Å². The number of rotatable bonds is 8. The molecule has 0 saturated carbocycles. The SMILES string of the molecule is C=CCOc1c(I)cc(/C=C2\SC(=O)N(CC(=O)Nc3cc(C(F)(F)F)ccc3OC)C2=O)cc1I. The minimum atomic E-state index is -4.63. The number of ether oxygens (including phenoxy) is 2. The van der Waals surface area contributed by atoms with Crippen LogP contribution in [0.2, 0.25) is 0 Å². The maximum Gasteiger partial charge on any atom is 0.416 e. The summed E-state index contributed by atoms with van der Waals surface area (Å²) in [5.41, 5.74) is -0.570. The Morgan fingerprint density at radius 2 is 1.86 bits per heavy atom. The van der Waals surface area contributed by atoms with E-state index in [1.165, 1.54) is 13.2 Å². The van der Waals surface area contributed by atoms with E-state index in [0.29, 0.717) is 29.7 Å². The summed E-state index contributed by atoms with van der Waals surface area (Å²) in [6, 6.07) is 6.16. The minimum Gasteiger partial charge on any atom is -0.495 e. The van der Waals surface area contributed by atoms with Crippen molar-refractivity contribution in [1.82, 2.24) is 4.90 Å². The molecule has 190 valence electrons. The number of carbonyl (C=O) groups is 3. The fraction of sp³-hybridized carbons (Fsp3) is 0.174. The molecule has 0 aromatic heterocycles. The van der Waals surface area contributed by atoms with E-state index in [1.807, 2.05) is 0 Å². The number of amides is 3. The van der Waals surface area contributed by atoms with Gasteiger partial charge in [0, 0.05) is 0 Å². The van der Waals surface area contributed by atoms with Crippen LogP contribution in [0, 0.1) is 7.14 Å². The second-order valence-electron chi connectivity index (χ2n) is 7.14. The van der Waals surface area contributed by atoms with Crippen molar-refractivity contribution in [1.29, 1.82) is 0 Å². The molecular formula is C23H17F3I2N2O5S. The second kappa shape index (κ2) is 11.9. The van der Waals surface area contributed by atoms with Crippen molar-refractivity contribution < 1.29 is 37.0 Å². The maximum atomic E-state index is 13.0. The quantitative estimate of drug-likeness (QED) is 0.198. The minimum absolute atomic E-state index is 0.00453. The summed E-state index contributed by atoms with van der Waals surface area (Å²) in [6.07, 6.45) is -1.48. The number of hydrogen-bond donors (Lipinski definition) is 1. The third kappa shape index (κ3) is 6.73. The summed E-state index contributed by atoms with van der Waals surface area (Å²) >= 11 is 4.85. The van der Waals surface area contributed by atoms with Crippen LogP contribution in [0.4, 0.5) is 23.7 Å². The first kappa shape index (κ1) is 28.3. The number of anilines is 1. The molecular weight excluding hydrogens is 727 g/mol. The van der Waals surface area contributed by atoms with Crippen molar-refractivity contribution in [2.45, 2.75) is 6.18 Å². The molecule has 0 aliphatic carbocycles. The van der Waals surface area contributed by atoms with E-state index < -0.39 is 35.3 Å². The monoisotopic (exact) mass is 744 g/mol. The lowest BCUT2D eigenvalue weighted by Gasteiger charge is -2.16. The Morgan fingerprint density at radius 3 is 2.44 bits per heavy atom. The van der Waals surface area contributed by atoms with Crippen LogP contribution in [-0.4, -0.2) is 42.2 Å². The number of hydrogen-bond acceptors (Lipinski definition) is 6. The van der Waals surface area contributed by atoms with Gasteiger partial charge in [-0.25, -0.2) is 0 Å². The number of nitrogens with zero attached hydrogens (tertiary/aromatic N) is 1. The summed E-state index contributed by atoms with van der Waals surface area (Å²) in [6.45, 7) is 3.27. The van der Waals surface area contributed by atoms with E-state index in [9.17, 15) is 27.6 Å². The molecule has 36 heavy (non-hydrogen) atoms. The average molecular weight is 744 g/mol. The van der Waals surface area contributed by atoms with Crippen LogP contribution >= 0.6 is 56.9 Å². The van der Waals surface area contributed by atoms with Crippen molar-refractivity contribution >= 4 is 85.8 Å². The normalized spacial score (nSPS) is 14.8. The fourth-order valence-corrected chi connectivity index (χ4v) is 6.01. The lowest BCUT2D eigenvalue weighted by molar-refractivity contribution is -0.137. The Labute approximate surface area is 235 Å². The van der Waals surface area contributed by atoms with Crippen molar-refractivity contribution in [3.05, 3.63) is 66.2 Å². The number of imide groups is 1. The van der Waals surface area contributed by atoms with Crippen LogP contribution in [0.15, 0.2) is 47.9 Å². The number of methoxy groups -OCH3 is 1. The van der Waals surface area contributed by atoms with E-state index in [2.05, 4.69) is 57.1 Å². The van der Waals surface area contributed by atoms with Gasteiger partial charge in [-0.2, -0.15) is 13.2 Å². The van der Waals surface area contributed by atoms with Crippen molar-refractivity contribution in [3.63, 3.8) is 0 Å². The van der Waals surface area contributed by atoms with Gasteiger partial charge in [0.15, 0.2) is 0 Å². The van der Waals surface area contributed by atoms with E-state index in [0.717, 1.165) is 30.2 Å². The first-order valence-corrected chi connectivity index (χ1v) is 12.9. The van der Waals surface area contributed by atoms with Gasteiger partial charge in [0.2, 0.25) is 5.91 Å². The van der Waals surface area contributed by atoms with Crippen LogP contribution in [0.1, 0.15) is 11.1 Å². The van der Waals surface area contributed by atoms with Crippen LogP contribution < -0.4 is 14.8 Å². The molecule has 0 radical (unpaired) electrons. The third-order valence-corrected chi connectivity index (χ3v) is 7.15. The molecule has 0 unspecified atom stereocenters. The van der Waals surface area contributed by atoms with Gasteiger partial charge in [0.1, 0.15) is 24.7 Å². The summed E-state index contributed by atoms with van der Waals surface area (Å²) in [5, 5.41) is 1.61. The number of halogens is 5. The number of nitrogens with one attached hydrogen (secondary N) is 1. The van der Waals surface area contributed by atoms with Crippen LogP contribution in [0.3, 0.4) is 0 Å². The Morgan fingerprint density at radius 1 is 1.19 bits per heavy atom. The number of thioether (sulfide) groups is 1. The smallest absolute Gasteiger partial charge is 0.416 e. The highest BCUT2D eigenvalue weighted by atomic mass is 127. The zero-order valence-electron chi connectivity index (χ0n) is 18.4. The number of alkyl halides is 3. The van der Waals surface area contributed by atoms with Gasteiger partial charge in [-0.3, -0.25) is 19.3 Å². The molecule has 13 heteroatoms. The van der Waals surface area contributed by atoms with E-state index >= 15 is 0 Å². The van der Waals surface area contributed by atoms with Gasteiger partial charge in [0.05, 0.1) is 30.4 Å². The Kier molecular flexibility index (Phi) is 9.32. The highest BCUT2D eigenvalue weighted by Crippen LogP contribution is 2.36. The second-order valence-corrected chi connectivity index (χ2v) is 10.5. The largest absolute Gasteiger partial charge is 0.495 e. The van der Waals surface area contributed by atoms with E-state index in [4.69, 9.17) is 9.47 Å². The molecule has 1 aliphatic rings. The van der Waals surface area contributed by atoms with Crippen LogP contribution in [0.5, 0.6) is 11.5 Å². The molecule has 1 aliphatic heterocycles.